The summed E-state index contributed by atoms with van der Waals surface area (Å²) >= 11 is 2.56. The number of cyclic esters (lactones) is 1. The third-order valence-electron chi connectivity index (χ3n) is 10.5. The molecule has 0 unspecified atom stereocenters. The Morgan fingerprint density at radius 3 is 2.60 bits per heavy atom. The Labute approximate surface area is 199 Å². The van der Waals surface area contributed by atoms with Crippen LogP contribution < -0.4 is 0 Å². The van der Waals surface area contributed by atoms with E-state index in [2.05, 4.69) is 50.3 Å². The van der Waals surface area contributed by atoms with Gasteiger partial charge in [-0.2, -0.15) is 0 Å². The number of carbonyl (C=O) groups excluding carboxylic acids is 1. The Morgan fingerprint density at radius 1 is 1.07 bits per heavy atom. The van der Waals surface area contributed by atoms with Gasteiger partial charge < -0.3 is 4.74 Å². The molecule has 0 aromatic heterocycles. The number of fused-ring (bicyclic) bond motifs is 5. The number of halogens is 1. The second-order valence-corrected chi connectivity index (χ2v) is 13.3. The largest absolute Gasteiger partial charge is 0.465 e. The fourth-order valence-corrected chi connectivity index (χ4v) is 10.1. The van der Waals surface area contributed by atoms with Gasteiger partial charge in [0.1, 0.15) is 0 Å². The third kappa shape index (κ3) is 4.00. The van der Waals surface area contributed by atoms with Gasteiger partial charge >= 0.3 is 5.97 Å². The van der Waals surface area contributed by atoms with Gasteiger partial charge in [-0.15, -0.1) is 0 Å². The Bertz CT molecular complexity index is 618. The van der Waals surface area contributed by atoms with Gasteiger partial charge in [0.05, 0.1) is 6.61 Å². The second kappa shape index (κ2) is 9.21. The molecule has 0 radical (unpaired) electrons. The average Bonchev–Trinajstić information content (AvgIpc) is 3.05. The summed E-state index contributed by atoms with van der Waals surface area (Å²) in [5.41, 5.74) is 0.850. The normalized spacial score (nSPS) is 44.2. The first-order valence-electron chi connectivity index (χ1n) is 13.0. The smallest absolute Gasteiger partial charge is 0.306 e. The summed E-state index contributed by atoms with van der Waals surface area (Å²) in [5, 5.41) is 0. The maximum Gasteiger partial charge on any atom is 0.306 e. The molecule has 4 aliphatic rings. The number of carbonyl (C=O) groups is 1. The van der Waals surface area contributed by atoms with Crippen molar-refractivity contribution >= 4 is 28.6 Å². The molecule has 1 aliphatic heterocycles. The summed E-state index contributed by atoms with van der Waals surface area (Å²) in [4.78, 5) is 12.1. The number of esters is 1. The first-order valence-corrected chi connectivity index (χ1v) is 14.6. The molecule has 0 bridgehead atoms. The van der Waals surface area contributed by atoms with E-state index >= 15 is 0 Å². The molecule has 1 heterocycles. The molecule has 0 aromatic carbocycles. The van der Waals surface area contributed by atoms with Crippen LogP contribution in [0.5, 0.6) is 0 Å². The van der Waals surface area contributed by atoms with Crippen molar-refractivity contribution in [2.75, 3.05) is 11.0 Å². The van der Waals surface area contributed by atoms with Crippen LogP contribution in [0.4, 0.5) is 0 Å². The van der Waals surface area contributed by atoms with E-state index in [-0.39, 0.29) is 5.97 Å². The van der Waals surface area contributed by atoms with Gasteiger partial charge in [0.15, 0.2) is 0 Å². The predicted octanol–water partition coefficient (Wildman–Crippen LogP) is 7.68. The summed E-state index contributed by atoms with van der Waals surface area (Å²) in [6, 6.07) is 0. The summed E-state index contributed by atoms with van der Waals surface area (Å²) in [6.45, 7) is 10.7. The second-order valence-electron chi connectivity index (χ2n) is 12.2. The van der Waals surface area contributed by atoms with Crippen LogP contribution in [0.2, 0.25) is 0 Å². The van der Waals surface area contributed by atoms with E-state index in [1.165, 1.54) is 68.6 Å². The molecule has 3 saturated carbocycles. The topological polar surface area (TPSA) is 26.3 Å². The molecular weight excluding hydrogens is 483 g/mol. The van der Waals surface area contributed by atoms with Gasteiger partial charge in [-0.1, -0.05) is 69.5 Å². The lowest BCUT2D eigenvalue weighted by molar-refractivity contribution is -0.185. The first kappa shape index (κ1) is 23.4. The highest BCUT2D eigenvalue weighted by atomic mass is 127. The van der Waals surface area contributed by atoms with E-state index in [4.69, 9.17) is 4.74 Å². The minimum absolute atomic E-state index is 0.0688. The van der Waals surface area contributed by atoms with Crippen LogP contribution in [0.15, 0.2) is 0 Å². The maximum absolute atomic E-state index is 12.1. The van der Waals surface area contributed by atoms with E-state index < -0.39 is 0 Å². The van der Waals surface area contributed by atoms with Crippen LogP contribution in [-0.4, -0.2) is 17.0 Å². The van der Waals surface area contributed by atoms with Gasteiger partial charge in [0.25, 0.3) is 0 Å². The molecule has 0 spiro atoms. The van der Waals surface area contributed by atoms with Crippen molar-refractivity contribution in [1.82, 2.24) is 0 Å². The minimum Gasteiger partial charge on any atom is -0.465 e. The number of rotatable bonds is 7. The Kier molecular flexibility index (Phi) is 7.18. The lowest BCUT2D eigenvalue weighted by Gasteiger charge is -2.61. The third-order valence-corrected chi connectivity index (χ3v) is 11.1. The predicted molar refractivity (Wildman–Crippen MR) is 133 cm³/mol. The van der Waals surface area contributed by atoms with Gasteiger partial charge in [-0.25, -0.2) is 0 Å². The first-order chi connectivity index (χ1) is 14.3. The zero-order chi connectivity index (χ0) is 21.5. The number of alkyl halides is 1. The maximum atomic E-state index is 12.1. The van der Waals surface area contributed by atoms with Crippen LogP contribution >= 0.6 is 22.6 Å². The molecule has 0 N–H and O–H groups in total. The van der Waals surface area contributed by atoms with E-state index in [1.54, 1.807) is 0 Å². The molecule has 172 valence electrons. The summed E-state index contributed by atoms with van der Waals surface area (Å²) < 4.78 is 6.97. The van der Waals surface area contributed by atoms with Crippen molar-refractivity contribution < 1.29 is 9.53 Å². The highest BCUT2D eigenvalue weighted by molar-refractivity contribution is 14.1. The average molecular weight is 529 g/mol. The molecular formula is C27H45IO2. The quantitative estimate of drug-likeness (QED) is 0.193. The highest BCUT2D eigenvalue weighted by Crippen LogP contribution is 2.68. The molecule has 0 amide bonds. The Morgan fingerprint density at radius 2 is 1.87 bits per heavy atom. The molecule has 8 atom stereocenters. The van der Waals surface area contributed by atoms with E-state index in [0.717, 1.165) is 42.1 Å². The molecule has 0 aromatic rings. The van der Waals surface area contributed by atoms with Gasteiger partial charge in [-0.3, -0.25) is 4.79 Å². The highest BCUT2D eigenvalue weighted by Gasteiger charge is 2.62. The lowest BCUT2D eigenvalue weighted by atomic mass is 9.45. The van der Waals surface area contributed by atoms with Crippen LogP contribution in [0.3, 0.4) is 0 Å². The fourth-order valence-electron chi connectivity index (χ4n) is 9.06. The Hall–Kier alpha value is 0.200. The van der Waals surface area contributed by atoms with Crippen molar-refractivity contribution in [3.63, 3.8) is 0 Å². The molecule has 4 rings (SSSR count). The standard InChI is InChI=1S/C27H45IO2/c1-18(2)6-5-7-19(3)22-10-11-23-21-9-8-20-16-25(29)30-17-27(20,14-15-28)24(21)12-13-26(22,23)4/h18-24H,5-17H2,1-4H3/t19-,20+,21+,22-,23+,24+,26-,27-/m1/s1. The van der Waals surface area contributed by atoms with Crippen LogP contribution in [-0.2, 0) is 9.53 Å². The summed E-state index contributed by atoms with van der Waals surface area (Å²) in [6.07, 6.45) is 14.5. The molecule has 3 heteroatoms. The van der Waals surface area contributed by atoms with Crippen molar-refractivity contribution in [1.29, 1.82) is 0 Å². The van der Waals surface area contributed by atoms with E-state index in [0.29, 0.717) is 23.2 Å². The molecule has 4 fully saturated rings. The Balaban J connectivity index is 1.50. The summed E-state index contributed by atoms with van der Waals surface area (Å²) in [5.74, 6) is 5.90. The molecule has 30 heavy (non-hydrogen) atoms. The summed E-state index contributed by atoms with van der Waals surface area (Å²) in [7, 11) is 0. The van der Waals surface area contributed by atoms with Crippen molar-refractivity contribution in [3.8, 4) is 0 Å². The minimum atomic E-state index is 0.0688. The van der Waals surface area contributed by atoms with Gasteiger partial charge in [-0.05, 0) is 91.8 Å². The number of hydrogen-bond acceptors (Lipinski definition) is 2. The molecule has 1 saturated heterocycles. The monoisotopic (exact) mass is 528 g/mol. The zero-order valence-electron chi connectivity index (χ0n) is 19.9. The lowest BCUT2D eigenvalue weighted by Crippen LogP contribution is -2.57. The van der Waals surface area contributed by atoms with Crippen LogP contribution in [0.1, 0.15) is 98.3 Å². The molecule has 3 aliphatic carbocycles. The van der Waals surface area contributed by atoms with Crippen molar-refractivity contribution in [2.45, 2.75) is 98.3 Å². The SMILES string of the molecule is CC(C)CCC[C@@H](C)[C@H]1CC[C@H]2[C@@H]3CC[C@H]4CC(=O)OC[C@@]4(CCI)[C@H]3CC[C@]12C. The van der Waals surface area contributed by atoms with Gasteiger partial charge in [0, 0.05) is 16.3 Å². The van der Waals surface area contributed by atoms with E-state index in [1.807, 2.05) is 0 Å². The van der Waals surface area contributed by atoms with Crippen molar-refractivity contribution in [3.05, 3.63) is 0 Å². The van der Waals surface area contributed by atoms with E-state index in [9.17, 15) is 4.79 Å². The van der Waals surface area contributed by atoms with Crippen LogP contribution in [0, 0.1) is 52.3 Å². The number of hydrogen-bond donors (Lipinski definition) is 0. The van der Waals surface area contributed by atoms with Gasteiger partial charge in [0.2, 0.25) is 0 Å². The van der Waals surface area contributed by atoms with Crippen LogP contribution in [0.25, 0.3) is 0 Å². The van der Waals surface area contributed by atoms with Crippen molar-refractivity contribution in [2.24, 2.45) is 52.3 Å². The fraction of sp³-hybridized carbons (Fsp3) is 0.963. The molecule has 2 nitrogen and oxygen atoms in total. The zero-order valence-corrected chi connectivity index (χ0v) is 22.1. The number of ether oxygens (including phenoxy) is 1.